The lowest BCUT2D eigenvalue weighted by Crippen LogP contribution is -2.54. The number of allylic oxidation sites excluding steroid dienone is 1. The summed E-state index contributed by atoms with van der Waals surface area (Å²) in [6.45, 7) is 2.23. The molecule has 3 saturated carbocycles. The SMILES string of the molecule is C[C@]12C[C@H](c3ccc(-c4ccc(C#N)cc4)cc3)[C@H]3[C@@H](CCC4=CC(=O)CC[C@@H]43)[C@@H]1CC[C@@]2(O)/C=C\CO. The summed E-state index contributed by atoms with van der Waals surface area (Å²) in [4.78, 5) is 12.3. The van der Waals surface area contributed by atoms with Gasteiger partial charge in [0.15, 0.2) is 5.78 Å². The molecule has 7 atom stereocenters. The van der Waals surface area contributed by atoms with Crippen LogP contribution in [-0.2, 0) is 4.79 Å². The van der Waals surface area contributed by atoms with Gasteiger partial charge in [-0.15, -0.1) is 0 Å². The van der Waals surface area contributed by atoms with E-state index in [1.165, 1.54) is 11.1 Å². The Balaban J connectivity index is 1.40. The van der Waals surface area contributed by atoms with E-state index in [0.29, 0.717) is 41.6 Å². The Kier molecular flexibility index (Phi) is 6.41. The van der Waals surface area contributed by atoms with E-state index in [1.54, 1.807) is 6.08 Å². The van der Waals surface area contributed by atoms with Crippen molar-refractivity contribution in [2.24, 2.45) is 29.1 Å². The molecule has 0 bridgehead atoms. The number of ketones is 1. The highest BCUT2D eigenvalue weighted by molar-refractivity contribution is 5.91. The number of fused-ring (bicyclic) bond motifs is 5. The van der Waals surface area contributed by atoms with Gasteiger partial charge in [-0.2, -0.15) is 5.26 Å². The van der Waals surface area contributed by atoms with Crippen molar-refractivity contribution >= 4 is 5.78 Å². The van der Waals surface area contributed by atoms with Crippen molar-refractivity contribution in [3.8, 4) is 17.2 Å². The molecule has 6 rings (SSSR count). The first-order valence-electron chi connectivity index (χ1n) is 14.2. The molecule has 0 unspecified atom stereocenters. The number of rotatable bonds is 4. The second-order valence-corrected chi connectivity index (χ2v) is 12.3. The molecule has 4 nitrogen and oxygen atoms in total. The molecule has 4 heteroatoms. The smallest absolute Gasteiger partial charge is 0.155 e. The van der Waals surface area contributed by atoms with Gasteiger partial charge in [-0.05, 0) is 103 Å². The van der Waals surface area contributed by atoms with Gasteiger partial charge in [-0.1, -0.05) is 61.0 Å². The van der Waals surface area contributed by atoms with Crippen LogP contribution in [0.2, 0.25) is 0 Å². The molecular formula is C34H37NO3. The lowest BCUT2D eigenvalue weighted by Gasteiger charge is -2.58. The van der Waals surface area contributed by atoms with Crippen molar-refractivity contribution in [3.63, 3.8) is 0 Å². The largest absolute Gasteiger partial charge is 0.392 e. The average Bonchev–Trinajstić information content (AvgIpc) is 3.21. The zero-order valence-electron chi connectivity index (χ0n) is 22.1. The van der Waals surface area contributed by atoms with Crippen LogP contribution in [0.25, 0.3) is 11.1 Å². The van der Waals surface area contributed by atoms with Crippen LogP contribution >= 0.6 is 0 Å². The van der Waals surface area contributed by atoms with Crippen LogP contribution in [-0.4, -0.2) is 28.2 Å². The fourth-order valence-corrected chi connectivity index (χ4v) is 8.87. The number of carbonyl (C=O) groups is 1. The Morgan fingerprint density at radius 1 is 1.00 bits per heavy atom. The van der Waals surface area contributed by atoms with Crippen LogP contribution in [0.4, 0.5) is 0 Å². The van der Waals surface area contributed by atoms with Crippen molar-refractivity contribution in [2.45, 2.75) is 63.4 Å². The van der Waals surface area contributed by atoms with Gasteiger partial charge in [0.2, 0.25) is 0 Å². The van der Waals surface area contributed by atoms with Gasteiger partial charge >= 0.3 is 0 Å². The Bertz CT molecular complexity index is 1320. The van der Waals surface area contributed by atoms with Gasteiger partial charge in [0, 0.05) is 11.8 Å². The lowest BCUT2D eigenvalue weighted by molar-refractivity contribution is -0.117. The number of carbonyl (C=O) groups excluding carboxylic acids is 1. The van der Waals surface area contributed by atoms with Crippen molar-refractivity contribution < 1.29 is 15.0 Å². The minimum absolute atomic E-state index is 0.0559. The molecule has 4 aliphatic rings. The molecule has 0 saturated heterocycles. The third-order valence-corrected chi connectivity index (χ3v) is 10.7. The second-order valence-electron chi connectivity index (χ2n) is 12.3. The van der Waals surface area contributed by atoms with E-state index in [1.807, 2.05) is 36.4 Å². The highest BCUT2D eigenvalue weighted by Crippen LogP contribution is 2.68. The minimum Gasteiger partial charge on any atom is -0.392 e. The summed E-state index contributed by atoms with van der Waals surface area (Å²) in [7, 11) is 0. The molecule has 0 amide bonds. The van der Waals surface area contributed by atoms with E-state index < -0.39 is 5.60 Å². The summed E-state index contributed by atoms with van der Waals surface area (Å²) in [5.41, 5.74) is 4.39. The predicted octanol–water partition coefficient (Wildman–Crippen LogP) is 6.34. The number of hydrogen-bond donors (Lipinski definition) is 2. The first-order chi connectivity index (χ1) is 18.4. The van der Waals surface area contributed by atoms with Crippen molar-refractivity contribution in [2.75, 3.05) is 6.61 Å². The number of aliphatic hydroxyl groups is 2. The first kappa shape index (κ1) is 25.3. The first-order valence-corrected chi connectivity index (χ1v) is 14.2. The molecule has 3 fully saturated rings. The monoisotopic (exact) mass is 507 g/mol. The van der Waals surface area contributed by atoms with Gasteiger partial charge in [0.1, 0.15) is 0 Å². The summed E-state index contributed by atoms with van der Waals surface area (Å²) in [6.07, 6.45) is 11.9. The predicted molar refractivity (Wildman–Crippen MR) is 148 cm³/mol. The third-order valence-electron chi connectivity index (χ3n) is 10.7. The topological polar surface area (TPSA) is 81.3 Å². The van der Waals surface area contributed by atoms with Gasteiger partial charge < -0.3 is 10.2 Å². The molecule has 0 aliphatic heterocycles. The van der Waals surface area contributed by atoms with Gasteiger partial charge in [-0.25, -0.2) is 0 Å². The number of nitriles is 1. The molecule has 0 spiro atoms. The molecule has 2 aromatic rings. The Morgan fingerprint density at radius 3 is 2.39 bits per heavy atom. The maximum Gasteiger partial charge on any atom is 0.155 e. The summed E-state index contributed by atoms with van der Waals surface area (Å²) >= 11 is 0. The third kappa shape index (κ3) is 3.99. The Hall–Kier alpha value is -3.00. The van der Waals surface area contributed by atoms with Crippen LogP contribution < -0.4 is 0 Å². The maximum absolute atomic E-state index is 12.3. The van der Waals surface area contributed by atoms with Gasteiger partial charge in [-0.3, -0.25) is 4.79 Å². The van der Waals surface area contributed by atoms with E-state index >= 15 is 0 Å². The molecule has 2 N–H and O–H groups in total. The molecule has 4 aliphatic carbocycles. The van der Waals surface area contributed by atoms with Crippen LogP contribution in [0.15, 0.2) is 72.3 Å². The Morgan fingerprint density at radius 2 is 1.71 bits per heavy atom. The zero-order chi connectivity index (χ0) is 26.5. The van der Waals surface area contributed by atoms with E-state index in [4.69, 9.17) is 5.26 Å². The van der Waals surface area contributed by atoms with Crippen molar-refractivity contribution in [3.05, 3.63) is 83.5 Å². The normalized spacial score (nSPS) is 36.2. The van der Waals surface area contributed by atoms with E-state index in [2.05, 4.69) is 37.3 Å². The maximum atomic E-state index is 12.3. The number of nitrogens with zero attached hydrogens (tertiary/aromatic N) is 1. The number of aliphatic hydroxyl groups excluding tert-OH is 1. The number of hydrogen-bond acceptors (Lipinski definition) is 4. The summed E-state index contributed by atoms with van der Waals surface area (Å²) in [5.74, 6) is 2.46. The molecular weight excluding hydrogens is 470 g/mol. The highest BCUT2D eigenvalue weighted by Gasteiger charge is 2.63. The fourth-order valence-electron chi connectivity index (χ4n) is 8.87. The van der Waals surface area contributed by atoms with E-state index in [-0.39, 0.29) is 17.8 Å². The van der Waals surface area contributed by atoms with Crippen molar-refractivity contribution in [1.29, 1.82) is 5.26 Å². The molecule has 0 aromatic heterocycles. The molecule has 2 aromatic carbocycles. The summed E-state index contributed by atoms with van der Waals surface area (Å²) in [5, 5.41) is 30.6. The fraction of sp³-hybridized carbons (Fsp3) is 0.471. The number of benzene rings is 2. The highest BCUT2D eigenvalue weighted by atomic mass is 16.3. The quantitative estimate of drug-likeness (QED) is 0.473. The Labute approximate surface area is 225 Å². The molecule has 38 heavy (non-hydrogen) atoms. The van der Waals surface area contributed by atoms with Crippen LogP contribution in [0.1, 0.15) is 68.9 Å². The molecule has 0 radical (unpaired) electrons. The molecule has 0 heterocycles. The summed E-state index contributed by atoms with van der Waals surface area (Å²) in [6, 6.07) is 18.8. The average molecular weight is 508 g/mol. The molecule has 196 valence electrons. The standard InChI is InChI=1S/C34H37NO3/c1-33-20-30(25-9-7-24(8-10-25)23-5-3-22(21-35)4-6-23)32-28-14-12-27(37)19-26(28)11-13-29(32)31(33)15-17-34(33,38)16-2-18-36/h2-10,16,19,28-32,36,38H,11-15,17-18,20H2,1H3/b16-2-/t28-,29-,30+,31-,32+,33-,34-/m0/s1. The van der Waals surface area contributed by atoms with Crippen LogP contribution in [0.5, 0.6) is 0 Å². The minimum atomic E-state index is -0.912. The van der Waals surface area contributed by atoms with E-state index in [9.17, 15) is 15.0 Å². The van der Waals surface area contributed by atoms with Crippen LogP contribution in [0.3, 0.4) is 0 Å². The van der Waals surface area contributed by atoms with E-state index in [0.717, 1.165) is 49.7 Å². The van der Waals surface area contributed by atoms with Gasteiger partial charge in [0.05, 0.1) is 23.8 Å². The summed E-state index contributed by atoms with van der Waals surface area (Å²) < 4.78 is 0. The second kappa shape index (κ2) is 9.63. The van der Waals surface area contributed by atoms with Gasteiger partial charge in [0.25, 0.3) is 0 Å². The van der Waals surface area contributed by atoms with Crippen molar-refractivity contribution in [1.82, 2.24) is 0 Å². The lowest BCUT2D eigenvalue weighted by atomic mass is 9.46. The zero-order valence-corrected chi connectivity index (χ0v) is 22.1. The van der Waals surface area contributed by atoms with Crippen LogP contribution in [0, 0.1) is 40.4 Å².